The maximum atomic E-state index is 12.5. The van der Waals surface area contributed by atoms with Crippen LogP contribution in [0.2, 0.25) is 0 Å². The predicted octanol–water partition coefficient (Wildman–Crippen LogP) is 0.859. The number of hydrogen-bond donors (Lipinski definition) is 1. The summed E-state index contributed by atoms with van der Waals surface area (Å²) >= 11 is 0. The van der Waals surface area contributed by atoms with Gasteiger partial charge in [0.05, 0.1) is 16.9 Å². The molecule has 2 aromatic rings. The van der Waals surface area contributed by atoms with Gasteiger partial charge in [-0.2, -0.15) is 0 Å². The Morgan fingerprint density at radius 1 is 1.08 bits per heavy atom. The van der Waals surface area contributed by atoms with Gasteiger partial charge in [-0.1, -0.05) is 48.0 Å². The van der Waals surface area contributed by atoms with Gasteiger partial charge in [0.25, 0.3) is 10.0 Å². The Labute approximate surface area is 140 Å². The zero-order valence-corrected chi connectivity index (χ0v) is 14.1. The number of carbonyl (C=O) groups excluding carboxylic acids is 1. The van der Waals surface area contributed by atoms with E-state index in [0.717, 1.165) is 5.56 Å². The predicted molar refractivity (Wildman–Crippen MR) is 88.9 cm³/mol. The summed E-state index contributed by atoms with van der Waals surface area (Å²) < 4.78 is 27.4. The van der Waals surface area contributed by atoms with E-state index < -0.39 is 22.0 Å². The standard InChI is InChI=1S/C17H18N2O4S/c1-12-8-10-15(11-9-12)24(22,23)19-16(18-13(2)17(20)21)14-6-4-3-5-7-14/h3-11,13H,1-2H3,(H,18,19)(H,20,21)/p-1/t13-/m0/s1. The highest BCUT2D eigenvalue weighted by Crippen LogP contribution is 2.12. The van der Waals surface area contributed by atoms with Gasteiger partial charge in [0.1, 0.15) is 5.84 Å². The third-order valence-electron chi connectivity index (χ3n) is 3.27. The van der Waals surface area contributed by atoms with Gasteiger partial charge in [-0.3, -0.25) is 9.71 Å². The van der Waals surface area contributed by atoms with Crippen LogP contribution < -0.4 is 9.83 Å². The molecule has 1 N–H and O–H groups in total. The number of carboxylic acids is 1. The van der Waals surface area contributed by atoms with Crippen molar-refractivity contribution in [2.45, 2.75) is 24.8 Å². The monoisotopic (exact) mass is 345 g/mol. The van der Waals surface area contributed by atoms with Crippen LogP contribution in [0.1, 0.15) is 18.1 Å². The third kappa shape index (κ3) is 4.42. The third-order valence-corrected chi connectivity index (χ3v) is 4.63. The number of benzene rings is 2. The van der Waals surface area contributed by atoms with Gasteiger partial charge in [-0.15, -0.1) is 0 Å². The van der Waals surface area contributed by atoms with Crippen LogP contribution >= 0.6 is 0 Å². The minimum atomic E-state index is -3.89. The van der Waals surface area contributed by atoms with Crippen LogP contribution in [0, 0.1) is 6.92 Å². The minimum Gasteiger partial charge on any atom is -0.548 e. The zero-order valence-electron chi connectivity index (χ0n) is 13.3. The molecule has 0 saturated heterocycles. The molecule has 126 valence electrons. The minimum absolute atomic E-state index is 0.0483. The molecule has 0 bridgehead atoms. The first-order valence-corrected chi connectivity index (χ1v) is 8.71. The number of aliphatic imine (C=N–C) groups is 1. The van der Waals surface area contributed by atoms with E-state index in [1.165, 1.54) is 19.1 Å². The summed E-state index contributed by atoms with van der Waals surface area (Å²) in [7, 11) is -3.89. The smallest absolute Gasteiger partial charge is 0.263 e. The van der Waals surface area contributed by atoms with Crippen molar-refractivity contribution in [2.24, 2.45) is 4.99 Å². The molecule has 0 aliphatic carbocycles. The van der Waals surface area contributed by atoms with Gasteiger partial charge in [-0.05, 0) is 26.0 Å². The average Bonchev–Trinajstić information content (AvgIpc) is 2.55. The lowest BCUT2D eigenvalue weighted by Crippen LogP contribution is -2.37. The van der Waals surface area contributed by atoms with Crippen LogP contribution in [-0.2, 0) is 14.8 Å². The van der Waals surface area contributed by atoms with E-state index >= 15 is 0 Å². The molecule has 0 unspecified atom stereocenters. The number of sulfonamides is 1. The Bertz CT molecular complexity index is 844. The van der Waals surface area contributed by atoms with Gasteiger partial charge < -0.3 is 9.90 Å². The van der Waals surface area contributed by atoms with Crippen molar-refractivity contribution in [3.63, 3.8) is 0 Å². The Morgan fingerprint density at radius 2 is 1.67 bits per heavy atom. The van der Waals surface area contributed by atoms with Crippen LogP contribution in [0.5, 0.6) is 0 Å². The van der Waals surface area contributed by atoms with Crippen molar-refractivity contribution in [1.29, 1.82) is 0 Å². The van der Waals surface area contributed by atoms with Gasteiger partial charge in [0.2, 0.25) is 0 Å². The molecule has 0 spiro atoms. The summed E-state index contributed by atoms with van der Waals surface area (Å²) in [6.45, 7) is 3.17. The summed E-state index contributed by atoms with van der Waals surface area (Å²) in [5.41, 5.74) is 1.39. The molecule has 0 radical (unpaired) electrons. The SMILES string of the molecule is Cc1ccc(S(=O)(=O)NC(=N[C@@H](C)C(=O)[O-])c2ccccc2)cc1. The van der Waals surface area contributed by atoms with Crippen molar-refractivity contribution in [1.82, 2.24) is 4.72 Å². The summed E-state index contributed by atoms with van der Waals surface area (Å²) in [5.74, 6) is -1.44. The van der Waals surface area contributed by atoms with Crippen LogP contribution in [0.4, 0.5) is 0 Å². The second-order valence-electron chi connectivity index (χ2n) is 5.26. The van der Waals surface area contributed by atoms with Crippen molar-refractivity contribution >= 4 is 21.8 Å². The molecule has 7 heteroatoms. The molecule has 24 heavy (non-hydrogen) atoms. The maximum Gasteiger partial charge on any atom is 0.263 e. The Hall–Kier alpha value is -2.67. The van der Waals surface area contributed by atoms with E-state index in [-0.39, 0.29) is 10.7 Å². The number of aryl methyl sites for hydroxylation is 1. The number of carbonyl (C=O) groups is 1. The zero-order chi connectivity index (χ0) is 17.7. The molecule has 0 fully saturated rings. The average molecular weight is 345 g/mol. The first kappa shape index (κ1) is 17.7. The van der Waals surface area contributed by atoms with Gasteiger partial charge in [0, 0.05) is 5.56 Å². The molecule has 0 heterocycles. The van der Waals surface area contributed by atoms with E-state index in [4.69, 9.17) is 0 Å². The fraction of sp³-hybridized carbons (Fsp3) is 0.176. The Morgan fingerprint density at radius 3 is 2.21 bits per heavy atom. The lowest BCUT2D eigenvalue weighted by atomic mass is 10.2. The van der Waals surface area contributed by atoms with E-state index in [9.17, 15) is 18.3 Å². The highest BCUT2D eigenvalue weighted by molar-refractivity contribution is 7.90. The molecule has 1 atom stereocenters. The fourth-order valence-electron chi connectivity index (χ4n) is 1.91. The van der Waals surface area contributed by atoms with E-state index in [2.05, 4.69) is 9.71 Å². The molecule has 0 aliphatic heterocycles. The number of nitrogens with zero attached hydrogens (tertiary/aromatic N) is 1. The van der Waals surface area contributed by atoms with E-state index in [1.807, 2.05) is 6.92 Å². The molecular weight excluding hydrogens is 328 g/mol. The quantitative estimate of drug-likeness (QED) is 0.642. The number of aliphatic carboxylic acids is 1. The summed E-state index contributed by atoms with van der Waals surface area (Å²) in [5, 5.41) is 10.9. The summed E-state index contributed by atoms with van der Waals surface area (Å²) in [4.78, 5) is 15.0. The van der Waals surface area contributed by atoms with Crippen LogP contribution in [0.25, 0.3) is 0 Å². The van der Waals surface area contributed by atoms with Gasteiger partial charge in [-0.25, -0.2) is 8.42 Å². The highest BCUT2D eigenvalue weighted by atomic mass is 32.2. The first-order valence-electron chi connectivity index (χ1n) is 7.23. The molecular formula is C17H17N2O4S-. The van der Waals surface area contributed by atoms with Gasteiger partial charge in [0.15, 0.2) is 0 Å². The van der Waals surface area contributed by atoms with Crippen molar-refractivity contribution in [3.05, 3.63) is 65.7 Å². The van der Waals surface area contributed by atoms with Gasteiger partial charge >= 0.3 is 0 Å². The van der Waals surface area contributed by atoms with Crippen molar-refractivity contribution < 1.29 is 18.3 Å². The number of hydrogen-bond acceptors (Lipinski definition) is 5. The number of rotatable bonds is 5. The van der Waals surface area contributed by atoms with Crippen LogP contribution in [0.15, 0.2) is 64.5 Å². The fourth-order valence-corrected chi connectivity index (χ4v) is 2.94. The number of carboxylic acid groups (broad SMARTS) is 1. The van der Waals surface area contributed by atoms with E-state index in [1.54, 1.807) is 42.5 Å². The van der Waals surface area contributed by atoms with Crippen molar-refractivity contribution in [3.8, 4) is 0 Å². The highest BCUT2D eigenvalue weighted by Gasteiger charge is 2.18. The molecule has 6 nitrogen and oxygen atoms in total. The Kier molecular flexibility index (Phi) is 5.35. The molecule has 0 aromatic heterocycles. The molecule has 0 saturated carbocycles. The van der Waals surface area contributed by atoms with Crippen LogP contribution in [0.3, 0.4) is 0 Å². The molecule has 2 rings (SSSR count). The first-order chi connectivity index (χ1) is 11.3. The number of amidine groups is 1. The molecule has 0 aliphatic rings. The molecule has 0 amide bonds. The summed E-state index contributed by atoms with van der Waals surface area (Å²) in [6, 6.07) is 13.6. The second-order valence-corrected chi connectivity index (χ2v) is 6.94. The lowest BCUT2D eigenvalue weighted by Gasteiger charge is -2.15. The van der Waals surface area contributed by atoms with Crippen LogP contribution in [-0.4, -0.2) is 26.3 Å². The topological polar surface area (TPSA) is 98.7 Å². The lowest BCUT2D eigenvalue weighted by molar-refractivity contribution is -0.306. The molecule has 2 aromatic carbocycles. The normalized spacial score (nSPS) is 13.3. The second kappa shape index (κ2) is 7.27. The maximum absolute atomic E-state index is 12.5. The van der Waals surface area contributed by atoms with E-state index in [0.29, 0.717) is 5.56 Å². The number of nitrogens with one attached hydrogen (secondary N) is 1. The Balaban J connectivity index is 2.41. The van der Waals surface area contributed by atoms with Crippen molar-refractivity contribution in [2.75, 3.05) is 0 Å². The summed E-state index contributed by atoms with van der Waals surface area (Å²) in [6.07, 6.45) is 0. The largest absolute Gasteiger partial charge is 0.548 e.